The summed E-state index contributed by atoms with van der Waals surface area (Å²) in [5, 5.41) is 0. The van der Waals surface area contributed by atoms with Gasteiger partial charge < -0.3 is 5.73 Å². The van der Waals surface area contributed by atoms with Crippen molar-refractivity contribution >= 4 is 5.91 Å². The van der Waals surface area contributed by atoms with Gasteiger partial charge in [-0.15, -0.1) is 6.58 Å². The monoisotopic (exact) mass is 177 g/mol. The number of allylic oxidation sites excluding steroid dienone is 4. The average molecular weight is 177 g/mol. The fourth-order valence-electron chi connectivity index (χ4n) is 0.706. The van der Waals surface area contributed by atoms with Crippen LogP contribution in [0.25, 0.3) is 0 Å². The molecule has 2 nitrogen and oxygen atoms in total. The molecule has 0 saturated carbocycles. The molecule has 0 aliphatic heterocycles. The maximum absolute atomic E-state index is 10.5. The van der Waals surface area contributed by atoms with E-state index in [-0.39, 0.29) is 0 Å². The summed E-state index contributed by atoms with van der Waals surface area (Å²) < 4.78 is 0. The third-order valence-corrected chi connectivity index (χ3v) is 1.46. The van der Waals surface area contributed by atoms with E-state index in [4.69, 9.17) is 5.73 Å². The molecule has 0 rings (SSSR count). The Labute approximate surface area is 79.1 Å². The topological polar surface area (TPSA) is 43.1 Å². The molecule has 0 radical (unpaired) electrons. The van der Waals surface area contributed by atoms with Gasteiger partial charge in [-0.25, -0.2) is 0 Å². The Bertz CT molecular complexity index is 272. The molecule has 0 aromatic carbocycles. The summed E-state index contributed by atoms with van der Waals surface area (Å²) in [6.45, 7) is 9.09. The van der Waals surface area contributed by atoms with Crippen LogP contribution in [0.4, 0.5) is 0 Å². The maximum atomic E-state index is 10.5. The Morgan fingerprint density at radius 1 is 1.54 bits per heavy atom. The molecule has 0 unspecified atom stereocenters. The molecule has 70 valence electrons. The van der Waals surface area contributed by atoms with Crippen LogP contribution in [-0.4, -0.2) is 5.91 Å². The third kappa shape index (κ3) is 5.67. The Kier molecular flexibility index (Phi) is 5.28. The number of nitrogens with two attached hydrogens (primary N) is 1. The van der Waals surface area contributed by atoms with E-state index in [0.29, 0.717) is 5.57 Å². The van der Waals surface area contributed by atoms with E-state index in [0.717, 1.165) is 6.42 Å². The number of carbonyl (C=O) groups excluding carboxylic acids is 1. The van der Waals surface area contributed by atoms with Gasteiger partial charge in [0, 0.05) is 5.57 Å². The lowest BCUT2D eigenvalue weighted by molar-refractivity contribution is -0.114. The zero-order valence-corrected chi connectivity index (χ0v) is 7.92. The van der Waals surface area contributed by atoms with E-state index < -0.39 is 5.91 Å². The Morgan fingerprint density at radius 2 is 2.15 bits per heavy atom. The van der Waals surface area contributed by atoms with Gasteiger partial charge in [0.2, 0.25) is 5.91 Å². The van der Waals surface area contributed by atoms with Crippen molar-refractivity contribution in [2.24, 2.45) is 5.73 Å². The maximum Gasteiger partial charge on any atom is 0.248 e. The molecular formula is C11H15NO. The number of carbonyl (C=O) groups is 1. The number of hydrogen-bond acceptors (Lipinski definition) is 1. The van der Waals surface area contributed by atoms with Crippen molar-refractivity contribution in [3.63, 3.8) is 0 Å². The lowest BCUT2D eigenvalue weighted by Gasteiger charge is -1.91. The van der Waals surface area contributed by atoms with E-state index in [1.807, 2.05) is 19.1 Å². The van der Waals surface area contributed by atoms with Crippen LogP contribution in [0.2, 0.25) is 0 Å². The van der Waals surface area contributed by atoms with Crippen molar-refractivity contribution in [2.45, 2.75) is 13.3 Å². The number of hydrogen-bond donors (Lipinski definition) is 1. The largest absolute Gasteiger partial charge is 0.366 e. The first-order valence-electron chi connectivity index (χ1n) is 4.01. The highest BCUT2D eigenvalue weighted by atomic mass is 16.1. The first-order chi connectivity index (χ1) is 6.07. The summed E-state index contributed by atoms with van der Waals surface area (Å²) in [5.41, 5.74) is 6.46. The summed E-state index contributed by atoms with van der Waals surface area (Å²) in [4.78, 5) is 10.5. The fraction of sp³-hybridized carbons (Fsp3) is 0.182. The predicted molar refractivity (Wildman–Crippen MR) is 56.0 cm³/mol. The minimum atomic E-state index is -0.494. The van der Waals surface area contributed by atoms with Gasteiger partial charge in [-0.1, -0.05) is 36.5 Å². The number of primary amides is 1. The van der Waals surface area contributed by atoms with E-state index in [1.54, 1.807) is 12.2 Å². The van der Waals surface area contributed by atoms with Gasteiger partial charge in [0.15, 0.2) is 0 Å². The van der Waals surface area contributed by atoms with E-state index >= 15 is 0 Å². The van der Waals surface area contributed by atoms with Crippen molar-refractivity contribution in [1.29, 1.82) is 0 Å². The quantitative estimate of drug-likeness (QED) is 0.390. The number of amides is 1. The highest BCUT2D eigenvalue weighted by molar-refractivity contribution is 5.94. The van der Waals surface area contributed by atoms with Crippen LogP contribution in [-0.2, 0) is 4.79 Å². The highest BCUT2D eigenvalue weighted by Crippen LogP contribution is 2.00. The second-order valence-corrected chi connectivity index (χ2v) is 2.75. The minimum absolute atomic E-state index is 0.308. The molecule has 1 amide bonds. The van der Waals surface area contributed by atoms with Crippen LogP contribution in [0.3, 0.4) is 0 Å². The van der Waals surface area contributed by atoms with Crippen LogP contribution >= 0.6 is 0 Å². The molecule has 0 saturated heterocycles. The SMILES string of the molecule is C=CC/C(C)=C\C=C/C(=C)C(N)=O. The zero-order valence-electron chi connectivity index (χ0n) is 7.92. The lowest BCUT2D eigenvalue weighted by atomic mass is 10.2. The smallest absolute Gasteiger partial charge is 0.248 e. The van der Waals surface area contributed by atoms with Crippen molar-refractivity contribution in [3.05, 3.63) is 48.6 Å². The average Bonchev–Trinajstić information content (AvgIpc) is 2.04. The molecule has 2 N–H and O–H groups in total. The van der Waals surface area contributed by atoms with Gasteiger partial charge in [-0.3, -0.25) is 4.79 Å². The van der Waals surface area contributed by atoms with Crippen LogP contribution in [0, 0.1) is 0 Å². The molecule has 0 heterocycles. The van der Waals surface area contributed by atoms with Gasteiger partial charge in [-0.05, 0) is 13.3 Å². The summed E-state index contributed by atoms with van der Waals surface area (Å²) in [7, 11) is 0. The van der Waals surface area contributed by atoms with Crippen molar-refractivity contribution in [1.82, 2.24) is 0 Å². The second-order valence-electron chi connectivity index (χ2n) is 2.75. The molecule has 0 bridgehead atoms. The molecule has 0 aromatic heterocycles. The molecule has 13 heavy (non-hydrogen) atoms. The summed E-state index contributed by atoms with van der Waals surface area (Å²) in [6.07, 6.45) is 7.91. The van der Waals surface area contributed by atoms with E-state index in [2.05, 4.69) is 13.2 Å². The predicted octanol–water partition coefficient (Wildman–Crippen LogP) is 2.11. The normalized spacial score (nSPS) is 11.6. The molecule has 0 fully saturated rings. The van der Waals surface area contributed by atoms with Crippen molar-refractivity contribution in [3.8, 4) is 0 Å². The highest BCUT2D eigenvalue weighted by Gasteiger charge is 1.92. The molecule has 0 spiro atoms. The van der Waals surface area contributed by atoms with E-state index in [1.165, 1.54) is 5.57 Å². The molecule has 0 aliphatic rings. The van der Waals surface area contributed by atoms with Crippen molar-refractivity contribution < 1.29 is 4.79 Å². The van der Waals surface area contributed by atoms with Crippen molar-refractivity contribution in [2.75, 3.05) is 0 Å². The number of rotatable bonds is 5. The third-order valence-electron chi connectivity index (χ3n) is 1.46. The van der Waals surface area contributed by atoms with Gasteiger partial charge >= 0.3 is 0 Å². The Morgan fingerprint density at radius 3 is 2.62 bits per heavy atom. The standard InChI is InChI=1S/C11H15NO/c1-4-6-9(2)7-5-8-10(3)11(12)13/h4-5,7-8H,1,3,6H2,2H3,(H2,12,13)/b8-5-,9-7-. The van der Waals surface area contributed by atoms with Crippen LogP contribution in [0.1, 0.15) is 13.3 Å². The Balaban J connectivity index is 4.14. The molecule has 0 atom stereocenters. The van der Waals surface area contributed by atoms with Crippen LogP contribution in [0.5, 0.6) is 0 Å². The van der Waals surface area contributed by atoms with Crippen LogP contribution < -0.4 is 5.73 Å². The fourth-order valence-corrected chi connectivity index (χ4v) is 0.706. The minimum Gasteiger partial charge on any atom is -0.366 e. The molecule has 2 heteroatoms. The summed E-state index contributed by atoms with van der Waals surface area (Å²) in [5.74, 6) is -0.494. The van der Waals surface area contributed by atoms with Crippen LogP contribution in [0.15, 0.2) is 48.6 Å². The molecule has 0 aliphatic carbocycles. The molecular weight excluding hydrogens is 162 g/mol. The first kappa shape index (κ1) is 11.4. The van der Waals surface area contributed by atoms with E-state index in [9.17, 15) is 4.79 Å². The zero-order chi connectivity index (χ0) is 10.3. The van der Waals surface area contributed by atoms with Gasteiger partial charge in [0.1, 0.15) is 0 Å². The van der Waals surface area contributed by atoms with Gasteiger partial charge in [0.25, 0.3) is 0 Å². The second kappa shape index (κ2) is 6.00. The lowest BCUT2D eigenvalue weighted by Crippen LogP contribution is -2.11. The van der Waals surface area contributed by atoms with Gasteiger partial charge in [0.05, 0.1) is 0 Å². The van der Waals surface area contributed by atoms with Gasteiger partial charge in [-0.2, -0.15) is 0 Å². The summed E-state index contributed by atoms with van der Waals surface area (Å²) in [6, 6.07) is 0. The first-order valence-corrected chi connectivity index (χ1v) is 4.01. The summed E-state index contributed by atoms with van der Waals surface area (Å²) >= 11 is 0. The Hall–Kier alpha value is -1.57. The molecule has 0 aromatic rings.